The molecule has 0 saturated carbocycles. The molecule has 1 aromatic carbocycles. The molecule has 1 rings (SSSR count). The van der Waals surface area contributed by atoms with E-state index in [1.54, 1.807) is 13.0 Å². The zero-order chi connectivity index (χ0) is 11.6. The summed E-state index contributed by atoms with van der Waals surface area (Å²) in [5.74, 6) is -0.313. The highest BCUT2D eigenvalue weighted by Crippen LogP contribution is 2.27. The van der Waals surface area contributed by atoms with Gasteiger partial charge in [0.2, 0.25) is 0 Å². The van der Waals surface area contributed by atoms with Gasteiger partial charge >= 0.3 is 0 Å². The van der Waals surface area contributed by atoms with E-state index in [0.29, 0.717) is 11.6 Å². The fourth-order valence-corrected chi connectivity index (χ4v) is 1.46. The summed E-state index contributed by atoms with van der Waals surface area (Å²) in [5, 5.41) is 9.57. The van der Waals surface area contributed by atoms with Crippen LogP contribution in [0.25, 0.3) is 0 Å². The van der Waals surface area contributed by atoms with Crippen LogP contribution in [0.1, 0.15) is 32.4 Å². The van der Waals surface area contributed by atoms with Crippen LogP contribution in [0, 0.1) is 5.82 Å². The molecule has 0 unspecified atom stereocenters. The van der Waals surface area contributed by atoms with Crippen LogP contribution >= 0.6 is 0 Å². The van der Waals surface area contributed by atoms with Gasteiger partial charge in [-0.25, -0.2) is 4.39 Å². The summed E-state index contributed by atoms with van der Waals surface area (Å²) in [7, 11) is 1.93. The summed E-state index contributed by atoms with van der Waals surface area (Å²) >= 11 is 0. The summed E-state index contributed by atoms with van der Waals surface area (Å²) < 4.78 is 13.0. The number of hydrogen-bond donors (Lipinski definition) is 1. The Bertz CT molecular complexity index is 336. The number of hydrogen-bond acceptors (Lipinski definition) is 2. The minimum atomic E-state index is -0.656. The number of benzene rings is 1. The third-order valence-corrected chi connectivity index (χ3v) is 2.59. The van der Waals surface area contributed by atoms with Gasteiger partial charge in [0, 0.05) is 24.3 Å². The quantitative estimate of drug-likeness (QED) is 0.831. The second-order valence-corrected chi connectivity index (χ2v) is 4.08. The molecule has 0 aromatic heterocycles. The molecule has 1 aromatic rings. The largest absolute Gasteiger partial charge is 0.389 e. The Morgan fingerprint density at radius 3 is 2.33 bits per heavy atom. The average molecular weight is 211 g/mol. The van der Waals surface area contributed by atoms with E-state index < -0.39 is 6.10 Å². The summed E-state index contributed by atoms with van der Waals surface area (Å²) in [5.41, 5.74) is 1.51. The molecule has 1 N–H and O–H groups in total. The highest BCUT2D eigenvalue weighted by molar-refractivity contribution is 5.54. The molecule has 0 saturated heterocycles. The van der Waals surface area contributed by atoms with Crippen LogP contribution in [0.2, 0.25) is 0 Å². The fraction of sp³-hybridized carbons (Fsp3) is 0.500. The lowest BCUT2D eigenvalue weighted by atomic mass is 10.1. The number of halogens is 1. The minimum absolute atomic E-state index is 0.313. The highest BCUT2D eigenvalue weighted by Gasteiger charge is 2.14. The molecule has 0 aliphatic rings. The van der Waals surface area contributed by atoms with E-state index in [9.17, 15) is 9.50 Å². The molecule has 0 amide bonds. The van der Waals surface area contributed by atoms with Crippen molar-refractivity contribution in [1.29, 1.82) is 0 Å². The predicted molar refractivity (Wildman–Crippen MR) is 60.6 cm³/mol. The normalized spacial score (nSPS) is 13.0. The maximum absolute atomic E-state index is 13.0. The smallest absolute Gasteiger partial charge is 0.123 e. The van der Waals surface area contributed by atoms with Crippen molar-refractivity contribution >= 4 is 5.69 Å². The van der Waals surface area contributed by atoms with E-state index in [0.717, 1.165) is 5.69 Å². The maximum atomic E-state index is 13.0. The third kappa shape index (κ3) is 2.69. The molecular weight excluding hydrogens is 193 g/mol. The summed E-state index contributed by atoms with van der Waals surface area (Å²) in [6.07, 6.45) is -0.656. The van der Waals surface area contributed by atoms with Gasteiger partial charge < -0.3 is 10.0 Å². The zero-order valence-electron chi connectivity index (χ0n) is 9.66. The van der Waals surface area contributed by atoms with Crippen LogP contribution in [0.15, 0.2) is 18.2 Å². The molecule has 0 fully saturated rings. The molecule has 0 bridgehead atoms. The fourth-order valence-electron chi connectivity index (χ4n) is 1.46. The molecule has 3 heteroatoms. The van der Waals surface area contributed by atoms with Crippen LogP contribution in [-0.4, -0.2) is 18.2 Å². The Hall–Kier alpha value is -1.09. The van der Waals surface area contributed by atoms with Gasteiger partial charge in [-0.2, -0.15) is 0 Å². The molecule has 0 aliphatic carbocycles. The van der Waals surface area contributed by atoms with Crippen LogP contribution in [0.3, 0.4) is 0 Å². The van der Waals surface area contributed by atoms with Crippen LogP contribution in [-0.2, 0) is 0 Å². The van der Waals surface area contributed by atoms with Gasteiger partial charge in [0.15, 0.2) is 0 Å². The molecule has 0 aliphatic heterocycles. The molecular formula is C12H18FNO. The Kier molecular flexibility index (Phi) is 3.69. The van der Waals surface area contributed by atoms with Gasteiger partial charge in [-0.1, -0.05) is 0 Å². The monoisotopic (exact) mass is 211 g/mol. The highest BCUT2D eigenvalue weighted by atomic mass is 19.1. The van der Waals surface area contributed by atoms with E-state index in [1.165, 1.54) is 12.1 Å². The van der Waals surface area contributed by atoms with Crippen molar-refractivity contribution in [3.63, 3.8) is 0 Å². The Labute approximate surface area is 90.3 Å². The lowest BCUT2D eigenvalue weighted by molar-refractivity contribution is 0.199. The summed E-state index contributed by atoms with van der Waals surface area (Å²) in [4.78, 5) is 2.02. The topological polar surface area (TPSA) is 23.5 Å². The van der Waals surface area contributed by atoms with E-state index >= 15 is 0 Å². The minimum Gasteiger partial charge on any atom is -0.389 e. The van der Waals surface area contributed by atoms with Crippen molar-refractivity contribution in [1.82, 2.24) is 0 Å². The van der Waals surface area contributed by atoms with Gasteiger partial charge in [0.25, 0.3) is 0 Å². The van der Waals surface area contributed by atoms with Crippen molar-refractivity contribution in [2.45, 2.75) is 32.9 Å². The van der Waals surface area contributed by atoms with Crippen molar-refractivity contribution in [2.24, 2.45) is 0 Å². The lowest BCUT2D eigenvalue weighted by Gasteiger charge is -2.27. The van der Waals surface area contributed by atoms with E-state index in [2.05, 4.69) is 13.8 Å². The Morgan fingerprint density at radius 1 is 1.27 bits per heavy atom. The first-order chi connectivity index (χ1) is 6.93. The van der Waals surface area contributed by atoms with Crippen molar-refractivity contribution < 1.29 is 9.50 Å². The van der Waals surface area contributed by atoms with E-state index in [1.807, 2.05) is 11.9 Å². The van der Waals surface area contributed by atoms with Crippen LogP contribution in [0.4, 0.5) is 10.1 Å². The van der Waals surface area contributed by atoms with Gasteiger partial charge in [-0.05, 0) is 39.0 Å². The van der Waals surface area contributed by atoms with Gasteiger partial charge in [-0.15, -0.1) is 0 Å². The van der Waals surface area contributed by atoms with Crippen molar-refractivity contribution in [3.05, 3.63) is 29.6 Å². The zero-order valence-corrected chi connectivity index (χ0v) is 9.66. The van der Waals surface area contributed by atoms with E-state index in [-0.39, 0.29) is 5.82 Å². The van der Waals surface area contributed by atoms with Crippen molar-refractivity contribution in [2.75, 3.05) is 11.9 Å². The Morgan fingerprint density at radius 2 is 1.87 bits per heavy atom. The predicted octanol–water partition coefficient (Wildman–Crippen LogP) is 2.72. The summed E-state index contributed by atoms with van der Waals surface area (Å²) in [6, 6.07) is 4.82. The molecule has 0 heterocycles. The number of nitrogens with zero attached hydrogens (tertiary/aromatic N) is 1. The third-order valence-electron chi connectivity index (χ3n) is 2.59. The molecule has 84 valence electrons. The summed E-state index contributed by atoms with van der Waals surface area (Å²) in [6.45, 7) is 5.75. The average Bonchev–Trinajstić information content (AvgIpc) is 2.16. The number of anilines is 1. The first-order valence-electron chi connectivity index (χ1n) is 5.13. The second kappa shape index (κ2) is 4.62. The van der Waals surface area contributed by atoms with Gasteiger partial charge in [0.05, 0.1) is 6.10 Å². The first-order valence-corrected chi connectivity index (χ1v) is 5.13. The lowest BCUT2D eigenvalue weighted by Crippen LogP contribution is -2.27. The van der Waals surface area contributed by atoms with Gasteiger partial charge in [0.1, 0.15) is 5.82 Å². The Balaban J connectivity index is 3.16. The maximum Gasteiger partial charge on any atom is 0.123 e. The number of aliphatic hydroxyl groups excluding tert-OH is 1. The van der Waals surface area contributed by atoms with E-state index in [4.69, 9.17) is 0 Å². The molecule has 1 atom stereocenters. The SMILES string of the molecule is CC(C)N(C)c1ccc(F)cc1[C@H](C)O. The molecule has 0 spiro atoms. The number of aliphatic hydroxyl groups is 1. The van der Waals surface area contributed by atoms with Gasteiger partial charge in [-0.3, -0.25) is 0 Å². The van der Waals surface area contributed by atoms with Crippen LogP contribution in [0.5, 0.6) is 0 Å². The second-order valence-electron chi connectivity index (χ2n) is 4.08. The van der Waals surface area contributed by atoms with Crippen molar-refractivity contribution in [3.8, 4) is 0 Å². The molecule has 0 radical (unpaired) electrons. The molecule has 15 heavy (non-hydrogen) atoms. The first kappa shape index (κ1) is 12.0. The van der Waals surface area contributed by atoms with Crippen LogP contribution < -0.4 is 4.90 Å². The molecule has 2 nitrogen and oxygen atoms in total. The standard InChI is InChI=1S/C12H18FNO/c1-8(2)14(4)12-6-5-10(13)7-11(12)9(3)15/h5-9,15H,1-4H3/t9-/m0/s1. The number of rotatable bonds is 3.